The minimum absolute atomic E-state index is 0.245. The molecule has 11 heavy (non-hydrogen) atoms. The topological polar surface area (TPSA) is 55.4 Å². The van der Waals surface area contributed by atoms with Crippen molar-refractivity contribution >= 4 is 24.5 Å². The van der Waals surface area contributed by atoms with Gasteiger partial charge in [-0.25, -0.2) is 0 Å². The zero-order valence-electron chi connectivity index (χ0n) is 6.46. The van der Waals surface area contributed by atoms with Gasteiger partial charge >= 0.3 is 5.97 Å². The highest BCUT2D eigenvalue weighted by Gasteiger charge is 2.09. The molecule has 0 bridgehead atoms. The molecule has 5 heteroatoms. The lowest BCUT2D eigenvalue weighted by Crippen LogP contribution is -2.37. The van der Waals surface area contributed by atoms with Crippen LogP contribution < -0.4 is 5.32 Å². The summed E-state index contributed by atoms with van der Waals surface area (Å²) in [6, 6.07) is 0. The maximum atomic E-state index is 10.5. The molecule has 64 valence electrons. The molecule has 1 amide bonds. The number of esters is 1. The van der Waals surface area contributed by atoms with E-state index in [9.17, 15) is 9.59 Å². The van der Waals surface area contributed by atoms with E-state index in [1.165, 1.54) is 13.8 Å². The molecule has 0 fully saturated rings. The van der Waals surface area contributed by atoms with Crippen LogP contribution in [0.2, 0.25) is 0 Å². The van der Waals surface area contributed by atoms with E-state index in [2.05, 4.69) is 22.7 Å². The second kappa shape index (κ2) is 5.01. The molecule has 0 saturated heterocycles. The van der Waals surface area contributed by atoms with Gasteiger partial charge < -0.3 is 10.1 Å². The second-order valence-corrected chi connectivity index (χ2v) is 2.35. The van der Waals surface area contributed by atoms with Crippen molar-refractivity contribution < 1.29 is 14.3 Å². The SMILES string of the molecule is CC(=O)N[C@H](CS)OC(C)=O. The molecule has 0 unspecified atom stereocenters. The lowest BCUT2D eigenvalue weighted by Gasteiger charge is -2.14. The fourth-order valence-corrected chi connectivity index (χ4v) is 0.705. The van der Waals surface area contributed by atoms with E-state index >= 15 is 0 Å². The van der Waals surface area contributed by atoms with Gasteiger partial charge in [0.15, 0.2) is 6.23 Å². The van der Waals surface area contributed by atoms with Crippen LogP contribution in [0, 0.1) is 0 Å². The van der Waals surface area contributed by atoms with E-state index in [1.54, 1.807) is 0 Å². The second-order valence-electron chi connectivity index (χ2n) is 1.98. The Hall–Kier alpha value is -0.710. The summed E-state index contributed by atoms with van der Waals surface area (Å²) >= 11 is 3.87. The molecule has 0 aliphatic rings. The fourth-order valence-electron chi connectivity index (χ4n) is 0.539. The first-order valence-corrected chi connectivity index (χ1v) is 3.74. The molecule has 0 aromatic carbocycles. The first-order chi connectivity index (χ1) is 5.06. The maximum Gasteiger partial charge on any atom is 0.304 e. The summed E-state index contributed by atoms with van der Waals surface area (Å²) in [5.74, 6) is -0.401. The molecule has 0 aliphatic carbocycles. The lowest BCUT2D eigenvalue weighted by molar-refractivity contribution is -0.147. The molecule has 1 N–H and O–H groups in total. The van der Waals surface area contributed by atoms with E-state index in [-0.39, 0.29) is 11.7 Å². The van der Waals surface area contributed by atoms with Gasteiger partial charge in [0.2, 0.25) is 5.91 Å². The Labute approximate surface area is 70.7 Å². The summed E-state index contributed by atoms with van der Waals surface area (Å²) in [6.07, 6.45) is -0.617. The standard InChI is InChI=1S/C6H11NO3S/c1-4(8)7-6(3-11)10-5(2)9/h6,11H,3H2,1-2H3,(H,7,8)/t6-/m0/s1. The van der Waals surface area contributed by atoms with Crippen molar-refractivity contribution in [3.8, 4) is 0 Å². The van der Waals surface area contributed by atoms with E-state index in [0.717, 1.165) is 0 Å². The third-order valence-corrected chi connectivity index (χ3v) is 1.17. The Bertz CT molecular complexity index is 144. The molecular weight excluding hydrogens is 166 g/mol. The number of hydrogen-bond donors (Lipinski definition) is 2. The smallest absolute Gasteiger partial charge is 0.304 e. The predicted molar refractivity (Wildman–Crippen MR) is 43.2 cm³/mol. The number of hydrogen-bond acceptors (Lipinski definition) is 4. The van der Waals surface area contributed by atoms with Gasteiger partial charge in [-0.15, -0.1) is 0 Å². The number of carbonyl (C=O) groups excluding carboxylic acids is 2. The van der Waals surface area contributed by atoms with Crippen molar-refractivity contribution in [3.05, 3.63) is 0 Å². The van der Waals surface area contributed by atoms with Crippen LogP contribution in [0.25, 0.3) is 0 Å². The number of nitrogens with one attached hydrogen (secondary N) is 1. The summed E-state index contributed by atoms with van der Waals surface area (Å²) in [4.78, 5) is 20.8. The number of carbonyl (C=O) groups is 2. The van der Waals surface area contributed by atoms with Gasteiger partial charge in [-0.1, -0.05) is 0 Å². The molecule has 4 nitrogen and oxygen atoms in total. The average molecular weight is 177 g/mol. The lowest BCUT2D eigenvalue weighted by atomic mass is 10.6. The van der Waals surface area contributed by atoms with Crippen molar-refractivity contribution in [1.29, 1.82) is 0 Å². The van der Waals surface area contributed by atoms with Gasteiger partial charge in [0.25, 0.3) is 0 Å². The fraction of sp³-hybridized carbons (Fsp3) is 0.667. The Morgan fingerprint density at radius 1 is 1.55 bits per heavy atom. The van der Waals surface area contributed by atoms with E-state index in [1.807, 2.05) is 0 Å². The quantitative estimate of drug-likeness (QED) is 0.361. The van der Waals surface area contributed by atoms with Crippen LogP contribution in [-0.2, 0) is 14.3 Å². The van der Waals surface area contributed by atoms with Crippen molar-refractivity contribution in [2.75, 3.05) is 5.75 Å². The Kier molecular flexibility index (Phi) is 4.69. The highest BCUT2D eigenvalue weighted by Crippen LogP contribution is 1.91. The van der Waals surface area contributed by atoms with Crippen molar-refractivity contribution in [3.63, 3.8) is 0 Å². The number of rotatable bonds is 3. The van der Waals surface area contributed by atoms with Crippen LogP contribution in [0.5, 0.6) is 0 Å². The van der Waals surface area contributed by atoms with Gasteiger partial charge in [-0.3, -0.25) is 9.59 Å². The normalized spacial score (nSPS) is 11.9. The molecule has 0 aromatic rings. The molecule has 0 aromatic heterocycles. The van der Waals surface area contributed by atoms with Crippen LogP contribution in [0.4, 0.5) is 0 Å². The first kappa shape index (κ1) is 10.3. The molecule has 1 atom stereocenters. The van der Waals surface area contributed by atoms with Gasteiger partial charge in [-0.2, -0.15) is 12.6 Å². The summed E-state index contributed by atoms with van der Waals surface area (Å²) in [5.41, 5.74) is 0. The highest BCUT2D eigenvalue weighted by molar-refractivity contribution is 7.80. The average Bonchev–Trinajstić information content (AvgIpc) is 1.84. The summed E-state index contributed by atoms with van der Waals surface area (Å²) in [7, 11) is 0. The summed E-state index contributed by atoms with van der Waals surface area (Å²) < 4.78 is 4.66. The van der Waals surface area contributed by atoms with Crippen LogP contribution in [0.1, 0.15) is 13.8 Å². The predicted octanol–water partition coefficient (Wildman–Crippen LogP) is -0.0585. The third kappa shape index (κ3) is 5.72. The molecule has 0 saturated carbocycles. The van der Waals surface area contributed by atoms with Gasteiger partial charge in [0.05, 0.1) is 0 Å². The van der Waals surface area contributed by atoms with Crippen LogP contribution >= 0.6 is 12.6 Å². The Morgan fingerprint density at radius 3 is 2.36 bits per heavy atom. The number of ether oxygens (including phenoxy) is 1. The zero-order chi connectivity index (χ0) is 8.85. The van der Waals surface area contributed by atoms with E-state index in [0.29, 0.717) is 0 Å². The van der Waals surface area contributed by atoms with E-state index < -0.39 is 12.2 Å². The molecule has 0 aliphatic heterocycles. The van der Waals surface area contributed by atoms with Crippen molar-refractivity contribution in [1.82, 2.24) is 5.32 Å². The van der Waals surface area contributed by atoms with Crippen LogP contribution in [0.3, 0.4) is 0 Å². The summed E-state index contributed by atoms with van der Waals surface area (Å²) in [6.45, 7) is 2.62. The van der Waals surface area contributed by atoms with Gasteiger partial charge in [0, 0.05) is 19.6 Å². The van der Waals surface area contributed by atoms with Crippen molar-refractivity contribution in [2.45, 2.75) is 20.1 Å². The largest absolute Gasteiger partial charge is 0.441 e. The first-order valence-electron chi connectivity index (χ1n) is 3.11. The van der Waals surface area contributed by atoms with Crippen molar-refractivity contribution in [2.24, 2.45) is 0 Å². The van der Waals surface area contributed by atoms with E-state index in [4.69, 9.17) is 0 Å². The van der Waals surface area contributed by atoms with Gasteiger partial charge in [0.1, 0.15) is 0 Å². The maximum absolute atomic E-state index is 10.5. The minimum atomic E-state index is -0.617. The highest BCUT2D eigenvalue weighted by atomic mass is 32.1. The number of thiol groups is 1. The molecule has 0 rings (SSSR count). The Balaban J connectivity index is 3.76. The molecule has 0 spiro atoms. The van der Waals surface area contributed by atoms with Crippen LogP contribution in [-0.4, -0.2) is 23.9 Å². The third-order valence-electron chi connectivity index (χ3n) is 0.838. The van der Waals surface area contributed by atoms with Crippen LogP contribution in [0.15, 0.2) is 0 Å². The monoisotopic (exact) mass is 177 g/mol. The number of amides is 1. The minimum Gasteiger partial charge on any atom is -0.441 e. The molecule has 0 radical (unpaired) electrons. The molecule has 0 heterocycles. The summed E-state index contributed by atoms with van der Waals surface area (Å²) in [5, 5.41) is 2.40. The zero-order valence-corrected chi connectivity index (χ0v) is 7.35. The molecular formula is C6H11NO3S. The van der Waals surface area contributed by atoms with Gasteiger partial charge in [-0.05, 0) is 0 Å². The Morgan fingerprint density at radius 2 is 2.09 bits per heavy atom.